The number of carbonyl (C=O) groups is 1. The van der Waals surface area contributed by atoms with Gasteiger partial charge in [-0.1, -0.05) is 312 Å². The van der Waals surface area contributed by atoms with E-state index in [0.717, 1.165) is 51.4 Å². The summed E-state index contributed by atoms with van der Waals surface area (Å²) in [5, 5.41) is 54.7. The van der Waals surface area contributed by atoms with Gasteiger partial charge >= 0.3 is 0 Å². The molecule has 9 heteroatoms. The van der Waals surface area contributed by atoms with E-state index in [2.05, 4.69) is 67.8 Å². The van der Waals surface area contributed by atoms with Crippen molar-refractivity contribution in [1.29, 1.82) is 0 Å². The van der Waals surface area contributed by atoms with Crippen LogP contribution in [0.1, 0.15) is 335 Å². The SMILES string of the molecule is CCCCCCC/C=C\C/C=C\CCCCCCCCCCCCCCCCCCCCCCCCCC(=O)NC(COC1OC(CO)C(O)C(O)C1O)C(O)/C=C/CC/C=C/CC/C=C/CCCCCCCCCCCCCCC. The van der Waals surface area contributed by atoms with Crippen molar-refractivity contribution in [1.82, 2.24) is 5.32 Å². The molecule has 6 N–H and O–H groups in total. The third-order valence-corrected chi connectivity index (χ3v) is 16.5. The Morgan fingerprint density at radius 1 is 0.420 bits per heavy atom. The minimum absolute atomic E-state index is 0.186. The summed E-state index contributed by atoms with van der Waals surface area (Å²) in [6, 6.07) is -0.830. The van der Waals surface area contributed by atoms with Gasteiger partial charge in [-0.05, 0) is 77.0 Å². The van der Waals surface area contributed by atoms with Crippen molar-refractivity contribution in [3.63, 3.8) is 0 Å². The maximum Gasteiger partial charge on any atom is 0.220 e. The molecular weight excluding hydrogens is 1010 g/mol. The highest BCUT2D eigenvalue weighted by atomic mass is 16.7. The summed E-state index contributed by atoms with van der Waals surface area (Å²) < 4.78 is 11.3. The number of aliphatic hydroxyl groups excluding tert-OH is 5. The highest BCUT2D eigenvalue weighted by Gasteiger charge is 2.44. The van der Waals surface area contributed by atoms with E-state index in [9.17, 15) is 30.3 Å². The summed E-state index contributed by atoms with van der Waals surface area (Å²) in [4.78, 5) is 13.1. The molecule has 0 aromatic rings. The lowest BCUT2D eigenvalue weighted by atomic mass is 9.99. The van der Waals surface area contributed by atoms with Crippen LogP contribution in [-0.4, -0.2) is 87.5 Å². The number of amides is 1. The molecule has 0 spiro atoms. The second-order valence-corrected chi connectivity index (χ2v) is 24.3. The smallest absolute Gasteiger partial charge is 0.220 e. The first-order valence-electron chi connectivity index (χ1n) is 35.0. The average molecular weight is 1140 g/mol. The van der Waals surface area contributed by atoms with Crippen molar-refractivity contribution in [2.45, 2.75) is 378 Å². The molecule has 0 aromatic heterocycles. The molecule has 1 aliphatic rings. The number of nitrogens with one attached hydrogen (secondary N) is 1. The Labute approximate surface area is 500 Å². The second-order valence-electron chi connectivity index (χ2n) is 24.3. The predicted molar refractivity (Wildman–Crippen MR) is 346 cm³/mol. The highest BCUT2D eigenvalue weighted by Crippen LogP contribution is 2.23. The molecule has 0 aliphatic carbocycles. The Hall–Kier alpha value is -2.11. The molecule has 1 heterocycles. The fourth-order valence-electron chi connectivity index (χ4n) is 11.0. The lowest BCUT2D eigenvalue weighted by Gasteiger charge is -2.40. The van der Waals surface area contributed by atoms with Crippen LogP contribution in [0.15, 0.2) is 60.8 Å². The zero-order chi connectivity index (χ0) is 58.6. The Morgan fingerprint density at radius 3 is 1.11 bits per heavy atom. The van der Waals surface area contributed by atoms with Gasteiger partial charge in [0.05, 0.1) is 25.4 Å². The van der Waals surface area contributed by atoms with Crippen molar-refractivity contribution in [2.24, 2.45) is 0 Å². The number of allylic oxidation sites excluding steroid dienone is 9. The number of rotatable bonds is 61. The van der Waals surface area contributed by atoms with Crippen molar-refractivity contribution in [2.75, 3.05) is 13.2 Å². The molecular formula is C72H133NO8. The van der Waals surface area contributed by atoms with E-state index >= 15 is 0 Å². The Bertz CT molecular complexity index is 1460. The number of hydrogen-bond donors (Lipinski definition) is 6. The van der Waals surface area contributed by atoms with Crippen molar-refractivity contribution >= 4 is 5.91 Å². The van der Waals surface area contributed by atoms with Gasteiger partial charge in [-0.2, -0.15) is 0 Å². The van der Waals surface area contributed by atoms with Crippen molar-refractivity contribution in [3.05, 3.63) is 60.8 Å². The summed E-state index contributed by atoms with van der Waals surface area (Å²) in [6.07, 6.45) is 77.6. The first-order valence-corrected chi connectivity index (χ1v) is 35.0. The summed E-state index contributed by atoms with van der Waals surface area (Å²) >= 11 is 0. The summed E-state index contributed by atoms with van der Waals surface area (Å²) in [6.45, 7) is 3.79. The van der Waals surface area contributed by atoms with E-state index in [1.54, 1.807) is 6.08 Å². The predicted octanol–water partition coefficient (Wildman–Crippen LogP) is 19.0. The average Bonchev–Trinajstić information content (AvgIpc) is 3.48. The standard InChI is InChI=1S/C72H133NO8/c1-3-5-7-9-11-13-15-17-19-21-23-25-27-28-29-30-31-32-33-34-35-36-37-38-40-42-44-46-48-50-52-54-56-58-60-62-68(76)73-65(64-80-72-71(79)70(78)69(77)67(63-74)81-72)66(75)61-59-57-55-53-51-49-47-45-43-41-39-26-24-22-20-18-16-14-12-10-8-6-4-2/h15,17,21,23,43,45,51,53,59,61,65-67,69-72,74-75,77-79H,3-14,16,18-20,22,24-42,44,46-50,52,54-58,60,62-64H2,1-2H3,(H,73,76)/b17-15-,23-21-,45-43+,53-51+,61-59+. The number of hydrogen-bond acceptors (Lipinski definition) is 8. The van der Waals surface area contributed by atoms with Crippen LogP contribution in [0.3, 0.4) is 0 Å². The molecule has 1 aliphatic heterocycles. The first-order chi connectivity index (χ1) is 39.8. The molecule has 474 valence electrons. The normalized spacial score (nSPS) is 18.7. The molecule has 81 heavy (non-hydrogen) atoms. The Kier molecular flexibility index (Phi) is 57.9. The van der Waals surface area contributed by atoms with E-state index in [4.69, 9.17) is 9.47 Å². The van der Waals surface area contributed by atoms with Gasteiger partial charge in [-0.25, -0.2) is 0 Å². The van der Waals surface area contributed by atoms with Gasteiger partial charge in [0, 0.05) is 6.42 Å². The maximum absolute atomic E-state index is 13.1. The van der Waals surface area contributed by atoms with Gasteiger partial charge in [0.15, 0.2) is 6.29 Å². The minimum Gasteiger partial charge on any atom is -0.394 e. The first kappa shape index (κ1) is 76.9. The monoisotopic (exact) mass is 1140 g/mol. The fraction of sp³-hybridized carbons (Fsp3) is 0.847. The van der Waals surface area contributed by atoms with Crippen LogP contribution >= 0.6 is 0 Å². The van der Waals surface area contributed by atoms with Gasteiger partial charge in [-0.15, -0.1) is 0 Å². The molecule has 0 saturated carbocycles. The summed E-state index contributed by atoms with van der Waals surface area (Å²) in [5.74, 6) is -0.186. The van der Waals surface area contributed by atoms with Crippen LogP contribution < -0.4 is 5.32 Å². The largest absolute Gasteiger partial charge is 0.394 e. The van der Waals surface area contributed by atoms with Crippen LogP contribution in [0.2, 0.25) is 0 Å². The van der Waals surface area contributed by atoms with Crippen LogP contribution in [0.25, 0.3) is 0 Å². The Balaban J connectivity index is 2.12. The maximum atomic E-state index is 13.1. The zero-order valence-electron chi connectivity index (χ0n) is 53.0. The van der Waals surface area contributed by atoms with E-state index in [0.29, 0.717) is 6.42 Å². The molecule has 9 nitrogen and oxygen atoms in total. The molecule has 1 rings (SSSR count). The third-order valence-electron chi connectivity index (χ3n) is 16.5. The minimum atomic E-state index is -1.58. The van der Waals surface area contributed by atoms with Crippen molar-refractivity contribution < 1.29 is 39.8 Å². The highest BCUT2D eigenvalue weighted by molar-refractivity contribution is 5.76. The number of ether oxygens (including phenoxy) is 2. The molecule has 0 bridgehead atoms. The van der Waals surface area contributed by atoms with Crippen molar-refractivity contribution in [3.8, 4) is 0 Å². The number of carbonyl (C=O) groups excluding carboxylic acids is 1. The number of unbranched alkanes of at least 4 members (excludes halogenated alkanes) is 43. The molecule has 1 saturated heterocycles. The van der Waals surface area contributed by atoms with Gasteiger partial charge in [-0.3, -0.25) is 4.79 Å². The van der Waals surface area contributed by atoms with Crippen LogP contribution in [0.5, 0.6) is 0 Å². The van der Waals surface area contributed by atoms with Gasteiger partial charge < -0.3 is 40.3 Å². The van der Waals surface area contributed by atoms with Gasteiger partial charge in [0.25, 0.3) is 0 Å². The van der Waals surface area contributed by atoms with E-state index in [-0.39, 0.29) is 12.5 Å². The summed E-state index contributed by atoms with van der Waals surface area (Å²) in [7, 11) is 0. The lowest BCUT2D eigenvalue weighted by molar-refractivity contribution is -0.302. The molecule has 1 amide bonds. The quantitative estimate of drug-likeness (QED) is 0.0261. The third kappa shape index (κ3) is 49.8. The topological polar surface area (TPSA) is 149 Å². The van der Waals surface area contributed by atoms with Crippen LogP contribution in [-0.2, 0) is 14.3 Å². The Morgan fingerprint density at radius 2 is 0.741 bits per heavy atom. The van der Waals surface area contributed by atoms with Gasteiger partial charge in [0.1, 0.15) is 24.4 Å². The molecule has 7 atom stereocenters. The second kappa shape index (κ2) is 61.0. The van der Waals surface area contributed by atoms with E-state index in [1.807, 2.05) is 6.08 Å². The zero-order valence-corrected chi connectivity index (χ0v) is 53.0. The molecule has 0 aromatic carbocycles. The van der Waals surface area contributed by atoms with Crippen LogP contribution in [0.4, 0.5) is 0 Å². The van der Waals surface area contributed by atoms with E-state index in [1.165, 1.54) is 263 Å². The van der Waals surface area contributed by atoms with Crippen LogP contribution in [0, 0.1) is 0 Å². The summed E-state index contributed by atoms with van der Waals surface area (Å²) in [5.41, 5.74) is 0. The molecule has 1 fully saturated rings. The van der Waals surface area contributed by atoms with E-state index < -0.39 is 49.5 Å². The molecule has 7 unspecified atom stereocenters. The van der Waals surface area contributed by atoms with Gasteiger partial charge in [0.2, 0.25) is 5.91 Å². The number of aliphatic hydroxyl groups is 5. The lowest BCUT2D eigenvalue weighted by Crippen LogP contribution is -2.60. The molecule has 0 radical (unpaired) electrons. The fourth-order valence-corrected chi connectivity index (χ4v) is 11.0.